The molecule has 0 aromatic rings. The SMILES string of the molecule is CC(C)N(C)CCN1CCC(Br)C1=O. The van der Waals surface area contributed by atoms with Gasteiger partial charge >= 0.3 is 0 Å². The van der Waals surface area contributed by atoms with Gasteiger partial charge in [0.05, 0.1) is 4.83 Å². The Labute approximate surface area is 94.6 Å². The molecule has 1 saturated heterocycles. The van der Waals surface area contributed by atoms with Gasteiger partial charge in [0.2, 0.25) is 5.91 Å². The third-order valence-corrected chi connectivity index (χ3v) is 3.69. The standard InChI is InChI=1S/C10H19BrN2O/c1-8(2)12(3)6-7-13-5-4-9(11)10(13)14/h8-9H,4-7H2,1-3H3. The van der Waals surface area contributed by atoms with Crippen molar-refractivity contribution in [3.8, 4) is 0 Å². The number of carbonyl (C=O) groups excluding carboxylic acids is 1. The van der Waals surface area contributed by atoms with Crippen LogP contribution in [0.4, 0.5) is 0 Å². The Kier molecular flexibility index (Phi) is 4.38. The van der Waals surface area contributed by atoms with Crippen molar-refractivity contribution in [2.45, 2.75) is 31.1 Å². The van der Waals surface area contributed by atoms with Crippen molar-refractivity contribution >= 4 is 21.8 Å². The molecule has 1 aliphatic heterocycles. The van der Waals surface area contributed by atoms with E-state index in [2.05, 4.69) is 41.7 Å². The molecular formula is C10H19BrN2O. The van der Waals surface area contributed by atoms with Gasteiger partial charge in [-0.2, -0.15) is 0 Å². The molecule has 14 heavy (non-hydrogen) atoms. The molecule has 3 nitrogen and oxygen atoms in total. The summed E-state index contributed by atoms with van der Waals surface area (Å²) in [7, 11) is 2.09. The zero-order chi connectivity index (χ0) is 10.7. The second-order valence-electron chi connectivity index (χ2n) is 4.16. The van der Waals surface area contributed by atoms with Crippen LogP contribution in [0.25, 0.3) is 0 Å². The summed E-state index contributed by atoms with van der Waals surface area (Å²) in [5.74, 6) is 0.252. The number of hydrogen-bond acceptors (Lipinski definition) is 2. The maximum absolute atomic E-state index is 11.5. The Morgan fingerprint density at radius 2 is 2.29 bits per heavy atom. The average molecular weight is 263 g/mol. The molecule has 1 fully saturated rings. The van der Waals surface area contributed by atoms with Crippen LogP contribution >= 0.6 is 15.9 Å². The number of halogens is 1. The molecule has 1 aliphatic rings. The molecule has 1 atom stereocenters. The molecule has 0 spiro atoms. The predicted molar refractivity (Wildman–Crippen MR) is 61.7 cm³/mol. The molecule has 4 heteroatoms. The second kappa shape index (κ2) is 5.12. The van der Waals surface area contributed by atoms with E-state index < -0.39 is 0 Å². The second-order valence-corrected chi connectivity index (χ2v) is 5.26. The van der Waals surface area contributed by atoms with Gasteiger partial charge in [-0.1, -0.05) is 15.9 Å². The maximum Gasteiger partial charge on any atom is 0.236 e. The van der Waals surface area contributed by atoms with Crippen LogP contribution in [0.15, 0.2) is 0 Å². The molecule has 1 unspecified atom stereocenters. The lowest BCUT2D eigenvalue weighted by molar-refractivity contribution is -0.127. The molecular weight excluding hydrogens is 244 g/mol. The molecule has 1 heterocycles. The van der Waals surface area contributed by atoms with Crippen molar-refractivity contribution in [1.82, 2.24) is 9.80 Å². The van der Waals surface area contributed by atoms with E-state index in [0.717, 1.165) is 26.1 Å². The van der Waals surface area contributed by atoms with E-state index in [4.69, 9.17) is 0 Å². The zero-order valence-corrected chi connectivity index (χ0v) is 10.7. The molecule has 1 rings (SSSR count). The largest absolute Gasteiger partial charge is 0.340 e. The first-order chi connectivity index (χ1) is 6.52. The summed E-state index contributed by atoms with van der Waals surface area (Å²) in [6.07, 6.45) is 0.949. The molecule has 0 aromatic carbocycles. The summed E-state index contributed by atoms with van der Waals surface area (Å²) in [4.78, 5) is 15.8. The summed E-state index contributed by atoms with van der Waals surface area (Å²) < 4.78 is 0. The topological polar surface area (TPSA) is 23.6 Å². The molecule has 0 N–H and O–H groups in total. The predicted octanol–water partition coefficient (Wildman–Crippen LogP) is 1.32. The van der Waals surface area contributed by atoms with Gasteiger partial charge in [-0.05, 0) is 27.3 Å². The molecule has 1 amide bonds. The molecule has 0 aliphatic carbocycles. The number of amides is 1. The lowest BCUT2D eigenvalue weighted by Gasteiger charge is -2.24. The number of likely N-dealkylation sites (tertiary alicyclic amines) is 1. The average Bonchev–Trinajstić information content (AvgIpc) is 2.44. The van der Waals surface area contributed by atoms with E-state index in [9.17, 15) is 4.79 Å². The number of rotatable bonds is 4. The summed E-state index contributed by atoms with van der Waals surface area (Å²) in [6, 6.07) is 0.549. The lowest BCUT2D eigenvalue weighted by Crippen LogP contribution is -2.37. The molecule has 0 saturated carbocycles. The minimum Gasteiger partial charge on any atom is -0.340 e. The quantitative estimate of drug-likeness (QED) is 0.714. The summed E-state index contributed by atoms with van der Waals surface area (Å²) in [5, 5.41) is 0. The van der Waals surface area contributed by atoms with Gasteiger partial charge in [0.15, 0.2) is 0 Å². The number of carbonyl (C=O) groups is 1. The zero-order valence-electron chi connectivity index (χ0n) is 9.16. The number of hydrogen-bond donors (Lipinski definition) is 0. The van der Waals surface area contributed by atoms with Gasteiger partial charge in [-0.15, -0.1) is 0 Å². The highest BCUT2D eigenvalue weighted by atomic mass is 79.9. The van der Waals surface area contributed by atoms with E-state index in [0.29, 0.717) is 6.04 Å². The van der Waals surface area contributed by atoms with Crippen LogP contribution in [-0.4, -0.2) is 53.3 Å². The monoisotopic (exact) mass is 262 g/mol. The highest BCUT2D eigenvalue weighted by molar-refractivity contribution is 9.10. The molecule has 82 valence electrons. The summed E-state index contributed by atoms with van der Waals surface area (Å²) >= 11 is 3.38. The van der Waals surface area contributed by atoms with E-state index in [1.54, 1.807) is 0 Å². The Morgan fingerprint density at radius 1 is 1.64 bits per heavy atom. The first kappa shape index (κ1) is 12.0. The first-order valence-electron chi connectivity index (χ1n) is 5.15. The molecule has 0 radical (unpaired) electrons. The van der Waals surface area contributed by atoms with E-state index >= 15 is 0 Å². The third-order valence-electron chi connectivity index (χ3n) is 2.84. The highest BCUT2D eigenvalue weighted by Crippen LogP contribution is 2.17. The minimum absolute atomic E-state index is 0.0619. The Balaban J connectivity index is 2.29. The van der Waals surface area contributed by atoms with Crippen LogP contribution in [0.1, 0.15) is 20.3 Å². The van der Waals surface area contributed by atoms with Crippen molar-refractivity contribution in [2.24, 2.45) is 0 Å². The van der Waals surface area contributed by atoms with Crippen LogP contribution in [-0.2, 0) is 4.79 Å². The minimum atomic E-state index is 0.0619. The van der Waals surface area contributed by atoms with Crippen LogP contribution in [0, 0.1) is 0 Å². The van der Waals surface area contributed by atoms with Crippen molar-refractivity contribution in [3.63, 3.8) is 0 Å². The fourth-order valence-corrected chi connectivity index (χ4v) is 1.95. The fraction of sp³-hybridized carbons (Fsp3) is 0.900. The van der Waals surface area contributed by atoms with Crippen LogP contribution < -0.4 is 0 Å². The Bertz CT molecular complexity index is 208. The van der Waals surface area contributed by atoms with Gasteiger partial charge in [0.1, 0.15) is 0 Å². The van der Waals surface area contributed by atoms with E-state index in [1.165, 1.54) is 0 Å². The summed E-state index contributed by atoms with van der Waals surface area (Å²) in [5.41, 5.74) is 0. The smallest absolute Gasteiger partial charge is 0.236 e. The number of nitrogens with zero attached hydrogens (tertiary/aromatic N) is 2. The third kappa shape index (κ3) is 2.95. The van der Waals surface area contributed by atoms with E-state index in [-0.39, 0.29) is 10.7 Å². The highest BCUT2D eigenvalue weighted by Gasteiger charge is 2.28. The molecule has 0 aromatic heterocycles. The van der Waals surface area contributed by atoms with E-state index in [1.807, 2.05) is 4.90 Å². The van der Waals surface area contributed by atoms with Crippen LogP contribution in [0.5, 0.6) is 0 Å². The Morgan fingerprint density at radius 3 is 2.71 bits per heavy atom. The normalized spacial score (nSPS) is 22.9. The van der Waals surface area contributed by atoms with Gasteiger partial charge < -0.3 is 9.80 Å². The van der Waals surface area contributed by atoms with Gasteiger partial charge in [-0.3, -0.25) is 4.79 Å². The maximum atomic E-state index is 11.5. The first-order valence-corrected chi connectivity index (χ1v) is 6.07. The van der Waals surface area contributed by atoms with Crippen LogP contribution in [0.3, 0.4) is 0 Å². The van der Waals surface area contributed by atoms with Gasteiger partial charge in [0, 0.05) is 25.7 Å². The van der Waals surface area contributed by atoms with Crippen molar-refractivity contribution < 1.29 is 4.79 Å². The lowest BCUT2D eigenvalue weighted by atomic mass is 10.3. The number of likely N-dealkylation sites (N-methyl/N-ethyl adjacent to an activating group) is 1. The van der Waals surface area contributed by atoms with Crippen molar-refractivity contribution in [2.75, 3.05) is 26.7 Å². The van der Waals surface area contributed by atoms with Gasteiger partial charge in [-0.25, -0.2) is 0 Å². The Hall–Kier alpha value is -0.0900. The summed E-state index contributed by atoms with van der Waals surface area (Å²) in [6.45, 7) is 7.05. The number of alkyl halides is 1. The van der Waals surface area contributed by atoms with Crippen molar-refractivity contribution in [3.05, 3.63) is 0 Å². The van der Waals surface area contributed by atoms with Gasteiger partial charge in [0.25, 0.3) is 0 Å². The molecule has 0 bridgehead atoms. The fourth-order valence-electron chi connectivity index (χ4n) is 1.46. The van der Waals surface area contributed by atoms with Crippen LogP contribution in [0.2, 0.25) is 0 Å². The van der Waals surface area contributed by atoms with Crippen molar-refractivity contribution in [1.29, 1.82) is 0 Å².